The maximum Gasteiger partial charge on any atom is 0.0954 e. The molecular weight excluding hydrogens is 244 g/mol. The predicted octanol–water partition coefficient (Wildman–Crippen LogP) is 3.10. The molecule has 1 atom stereocenters. The molecular formula is C14H24N2OS. The first kappa shape index (κ1) is 14.0. The average molecular weight is 268 g/mol. The molecule has 1 aliphatic carbocycles. The number of hydrogen-bond donors (Lipinski definition) is 1. The summed E-state index contributed by atoms with van der Waals surface area (Å²) >= 11 is 1.87. The van der Waals surface area contributed by atoms with Gasteiger partial charge in [-0.1, -0.05) is 6.92 Å². The second-order valence-electron chi connectivity index (χ2n) is 5.12. The molecule has 0 radical (unpaired) electrons. The number of methoxy groups -OCH3 is 1. The minimum absolute atomic E-state index is 0.585. The SMILES string of the molecule is CCC(C)NCc1sc(CCOC)nc1C1CC1. The molecule has 0 amide bonds. The molecule has 3 nitrogen and oxygen atoms in total. The van der Waals surface area contributed by atoms with E-state index in [0.29, 0.717) is 6.04 Å². The summed E-state index contributed by atoms with van der Waals surface area (Å²) < 4.78 is 5.14. The summed E-state index contributed by atoms with van der Waals surface area (Å²) in [5.74, 6) is 0.742. The Balaban J connectivity index is 1.99. The highest BCUT2D eigenvalue weighted by Crippen LogP contribution is 2.42. The maximum absolute atomic E-state index is 5.14. The molecule has 1 unspecified atom stereocenters. The summed E-state index contributed by atoms with van der Waals surface area (Å²) in [7, 11) is 1.75. The first-order chi connectivity index (χ1) is 8.74. The molecule has 1 aromatic rings. The summed E-state index contributed by atoms with van der Waals surface area (Å²) in [6.45, 7) is 6.21. The van der Waals surface area contributed by atoms with E-state index in [2.05, 4.69) is 19.2 Å². The standard InChI is InChI=1S/C14H24N2OS/c1-4-10(2)15-9-12-14(11-5-6-11)16-13(18-12)7-8-17-3/h10-11,15H,4-9H2,1-3H3. The van der Waals surface area contributed by atoms with E-state index in [-0.39, 0.29) is 0 Å². The van der Waals surface area contributed by atoms with Crippen molar-refractivity contribution < 1.29 is 4.74 Å². The number of nitrogens with zero attached hydrogens (tertiary/aromatic N) is 1. The van der Waals surface area contributed by atoms with Gasteiger partial charge in [0.25, 0.3) is 0 Å². The highest BCUT2D eigenvalue weighted by atomic mass is 32.1. The topological polar surface area (TPSA) is 34.1 Å². The van der Waals surface area contributed by atoms with E-state index in [4.69, 9.17) is 9.72 Å². The maximum atomic E-state index is 5.14. The van der Waals surface area contributed by atoms with E-state index >= 15 is 0 Å². The number of hydrogen-bond acceptors (Lipinski definition) is 4. The summed E-state index contributed by atoms with van der Waals surface area (Å²) in [5, 5.41) is 4.82. The molecule has 4 heteroatoms. The van der Waals surface area contributed by atoms with Gasteiger partial charge in [-0.15, -0.1) is 11.3 Å². The zero-order valence-electron chi connectivity index (χ0n) is 11.7. The van der Waals surface area contributed by atoms with Crippen molar-refractivity contribution in [1.82, 2.24) is 10.3 Å². The third kappa shape index (κ3) is 3.77. The largest absolute Gasteiger partial charge is 0.384 e. The zero-order chi connectivity index (χ0) is 13.0. The van der Waals surface area contributed by atoms with Crippen molar-refractivity contribution in [3.8, 4) is 0 Å². The fourth-order valence-corrected chi connectivity index (χ4v) is 3.01. The Bertz CT molecular complexity index is 374. The van der Waals surface area contributed by atoms with Gasteiger partial charge in [0.05, 0.1) is 17.3 Å². The van der Waals surface area contributed by atoms with Crippen molar-refractivity contribution in [2.75, 3.05) is 13.7 Å². The number of rotatable bonds is 8. The Hall–Kier alpha value is -0.450. The summed E-state index contributed by atoms with van der Waals surface area (Å²) in [4.78, 5) is 6.26. The lowest BCUT2D eigenvalue weighted by molar-refractivity contribution is 0.202. The molecule has 1 aliphatic rings. The van der Waals surface area contributed by atoms with Crippen molar-refractivity contribution in [2.24, 2.45) is 0 Å². The summed E-state index contributed by atoms with van der Waals surface area (Å²) in [5.41, 5.74) is 1.36. The van der Waals surface area contributed by atoms with Gasteiger partial charge in [0, 0.05) is 36.9 Å². The van der Waals surface area contributed by atoms with Crippen molar-refractivity contribution in [3.63, 3.8) is 0 Å². The van der Waals surface area contributed by atoms with E-state index in [0.717, 1.165) is 25.5 Å². The van der Waals surface area contributed by atoms with E-state index in [1.54, 1.807) is 7.11 Å². The van der Waals surface area contributed by atoms with Crippen LogP contribution in [0.2, 0.25) is 0 Å². The van der Waals surface area contributed by atoms with E-state index in [1.165, 1.54) is 34.8 Å². The van der Waals surface area contributed by atoms with Gasteiger partial charge in [0.2, 0.25) is 0 Å². The number of thiazole rings is 1. The summed E-state index contributed by atoms with van der Waals surface area (Å²) in [6.07, 6.45) is 4.77. The van der Waals surface area contributed by atoms with Crippen molar-refractivity contribution >= 4 is 11.3 Å². The fraction of sp³-hybridized carbons (Fsp3) is 0.786. The predicted molar refractivity (Wildman–Crippen MR) is 76.3 cm³/mol. The van der Waals surface area contributed by atoms with Crippen molar-refractivity contribution in [3.05, 3.63) is 15.6 Å². The molecule has 1 aromatic heterocycles. The molecule has 1 heterocycles. The van der Waals surface area contributed by atoms with Crippen LogP contribution in [0.15, 0.2) is 0 Å². The minimum Gasteiger partial charge on any atom is -0.384 e. The lowest BCUT2D eigenvalue weighted by atomic mass is 10.2. The molecule has 1 N–H and O–H groups in total. The minimum atomic E-state index is 0.585. The lowest BCUT2D eigenvalue weighted by Crippen LogP contribution is -2.24. The second kappa shape index (κ2) is 6.64. The molecule has 0 aromatic carbocycles. The average Bonchev–Trinajstić information content (AvgIpc) is 3.15. The fourth-order valence-electron chi connectivity index (χ4n) is 1.92. The molecule has 102 valence electrons. The Labute approximate surface area is 114 Å². The van der Waals surface area contributed by atoms with Crippen LogP contribution in [0.4, 0.5) is 0 Å². The highest BCUT2D eigenvalue weighted by molar-refractivity contribution is 7.11. The number of aromatic nitrogens is 1. The molecule has 0 spiro atoms. The van der Waals surface area contributed by atoms with Gasteiger partial charge in [-0.05, 0) is 26.2 Å². The Morgan fingerprint density at radius 3 is 2.89 bits per heavy atom. The van der Waals surface area contributed by atoms with Crippen LogP contribution in [-0.2, 0) is 17.7 Å². The molecule has 0 saturated heterocycles. The quantitative estimate of drug-likeness (QED) is 0.786. The van der Waals surface area contributed by atoms with Gasteiger partial charge in [-0.2, -0.15) is 0 Å². The van der Waals surface area contributed by atoms with Crippen LogP contribution in [0, 0.1) is 0 Å². The Morgan fingerprint density at radius 1 is 1.50 bits per heavy atom. The van der Waals surface area contributed by atoms with Gasteiger partial charge in [0.15, 0.2) is 0 Å². The third-order valence-corrected chi connectivity index (χ3v) is 4.61. The second-order valence-corrected chi connectivity index (χ2v) is 6.29. The molecule has 0 aliphatic heterocycles. The van der Waals surface area contributed by atoms with Crippen LogP contribution >= 0.6 is 11.3 Å². The normalized spacial score (nSPS) is 17.1. The number of nitrogens with one attached hydrogen (secondary N) is 1. The van der Waals surface area contributed by atoms with Gasteiger partial charge < -0.3 is 10.1 Å². The van der Waals surface area contributed by atoms with Crippen molar-refractivity contribution in [1.29, 1.82) is 0 Å². The smallest absolute Gasteiger partial charge is 0.0954 e. The molecule has 1 saturated carbocycles. The van der Waals surface area contributed by atoms with Crippen LogP contribution in [-0.4, -0.2) is 24.7 Å². The molecule has 1 fully saturated rings. The Morgan fingerprint density at radius 2 is 2.28 bits per heavy atom. The van der Waals surface area contributed by atoms with Crippen LogP contribution in [0.25, 0.3) is 0 Å². The highest BCUT2D eigenvalue weighted by Gasteiger charge is 2.29. The summed E-state index contributed by atoms with van der Waals surface area (Å²) in [6, 6.07) is 0.585. The Kier molecular flexibility index (Phi) is 5.15. The van der Waals surface area contributed by atoms with Crippen molar-refractivity contribution in [2.45, 2.75) is 58.0 Å². The van der Waals surface area contributed by atoms with Crippen LogP contribution in [0.1, 0.15) is 54.6 Å². The van der Waals surface area contributed by atoms with E-state index in [9.17, 15) is 0 Å². The molecule has 2 rings (SSSR count). The monoisotopic (exact) mass is 268 g/mol. The third-order valence-electron chi connectivity index (χ3n) is 3.48. The molecule has 18 heavy (non-hydrogen) atoms. The zero-order valence-corrected chi connectivity index (χ0v) is 12.5. The first-order valence-corrected chi connectivity index (χ1v) is 7.77. The van der Waals surface area contributed by atoms with Gasteiger partial charge >= 0.3 is 0 Å². The van der Waals surface area contributed by atoms with Gasteiger partial charge in [-0.25, -0.2) is 4.98 Å². The van der Waals surface area contributed by atoms with E-state index < -0.39 is 0 Å². The number of ether oxygens (including phenoxy) is 1. The van der Waals surface area contributed by atoms with Crippen LogP contribution in [0.3, 0.4) is 0 Å². The van der Waals surface area contributed by atoms with Crippen LogP contribution in [0.5, 0.6) is 0 Å². The van der Waals surface area contributed by atoms with Gasteiger partial charge in [0.1, 0.15) is 0 Å². The lowest BCUT2D eigenvalue weighted by Gasteiger charge is -2.10. The first-order valence-electron chi connectivity index (χ1n) is 6.95. The molecule has 0 bridgehead atoms. The van der Waals surface area contributed by atoms with Crippen LogP contribution < -0.4 is 5.32 Å². The van der Waals surface area contributed by atoms with Gasteiger partial charge in [-0.3, -0.25) is 0 Å². The van der Waals surface area contributed by atoms with E-state index in [1.807, 2.05) is 11.3 Å².